The van der Waals surface area contributed by atoms with E-state index < -0.39 is 5.41 Å². The molecule has 0 aliphatic carbocycles. The van der Waals surface area contributed by atoms with E-state index in [4.69, 9.17) is 5.73 Å². The second-order valence-corrected chi connectivity index (χ2v) is 5.99. The monoisotopic (exact) mass is 295 g/mol. The molecule has 2 aromatic carbocycles. The third-order valence-electron chi connectivity index (χ3n) is 4.81. The molecule has 0 bridgehead atoms. The van der Waals surface area contributed by atoms with E-state index in [9.17, 15) is 4.79 Å². The minimum absolute atomic E-state index is 0.0129. The summed E-state index contributed by atoms with van der Waals surface area (Å²) in [4.78, 5) is 12.4. The average Bonchev–Trinajstić information content (AvgIpc) is 2.53. The molecule has 22 heavy (non-hydrogen) atoms. The van der Waals surface area contributed by atoms with E-state index in [2.05, 4.69) is 57.2 Å². The fraction of sp³-hybridized carbons (Fsp3) is 0.350. The molecule has 0 aliphatic heterocycles. The molecule has 0 spiro atoms. The molecule has 0 aromatic heterocycles. The van der Waals surface area contributed by atoms with Crippen LogP contribution in [0.3, 0.4) is 0 Å². The summed E-state index contributed by atoms with van der Waals surface area (Å²) in [6, 6.07) is 18.6. The smallest absolute Gasteiger partial charge is 0.224 e. The first-order valence-corrected chi connectivity index (χ1v) is 7.96. The second-order valence-electron chi connectivity index (χ2n) is 5.99. The number of carbonyl (C=O) groups excluding carboxylic acids is 1. The van der Waals surface area contributed by atoms with Crippen LogP contribution in [-0.4, -0.2) is 5.91 Å². The van der Waals surface area contributed by atoms with Crippen molar-refractivity contribution >= 4 is 5.91 Å². The van der Waals surface area contributed by atoms with Crippen molar-refractivity contribution in [2.45, 2.75) is 39.5 Å². The average molecular weight is 295 g/mol. The molecule has 1 atom stereocenters. The van der Waals surface area contributed by atoms with Gasteiger partial charge in [0.05, 0.1) is 5.41 Å². The van der Waals surface area contributed by atoms with E-state index in [1.54, 1.807) is 0 Å². The first-order valence-electron chi connectivity index (χ1n) is 7.96. The maximum Gasteiger partial charge on any atom is 0.224 e. The van der Waals surface area contributed by atoms with Crippen molar-refractivity contribution in [1.82, 2.24) is 0 Å². The standard InChI is InChI=1S/C20H25NO/c1-4-20(5-2,19(21)22)18(16-11-7-6-8-12-16)17-13-9-10-15(3)14-17/h6-14,18H,4-5H2,1-3H3,(H2,21,22). The van der Waals surface area contributed by atoms with Gasteiger partial charge in [-0.3, -0.25) is 4.79 Å². The lowest BCUT2D eigenvalue weighted by Crippen LogP contribution is -2.41. The number of primary amides is 1. The van der Waals surface area contributed by atoms with E-state index >= 15 is 0 Å². The molecule has 2 rings (SSSR count). The van der Waals surface area contributed by atoms with Gasteiger partial charge in [-0.15, -0.1) is 0 Å². The molecule has 0 fully saturated rings. The largest absolute Gasteiger partial charge is 0.369 e. The Labute approximate surface area is 133 Å². The first kappa shape index (κ1) is 16.3. The van der Waals surface area contributed by atoms with Crippen LogP contribution in [0.4, 0.5) is 0 Å². The van der Waals surface area contributed by atoms with Crippen molar-refractivity contribution in [3.63, 3.8) is 0 Å². The van der Waals surface area contributed by atoms with Gasteiger partial charge in [0.1, 0.15) is 0 Å². The molecule has 2 N–H and O–H groups in total. The van der Waals surface area contributed by atoms with Crippen molar-refractivity contribution in [1.29, 1.82) is 0 Å². The predicted molar refractivity (Wildman–Crippen MR) is 91.7 cm³/mol. The number of aryl methyl sites for hydroxylation is 1. The number of hydrogen-bond donors (Lipinski definition) is 1. The summed E-state index contributed by atoms with van der Waals surface area (Å²) in [6.45, 7) is 6.19. The Kier molecular flexibility index (Phi) is 5.02. The van der Waals surface area contributed by atoms with E-state index in [0.29, 0.717) is 0 Å². The zero-order valence-corrected chi connectivity index (χ0v) is 13.7. The first-order chi connectivity index (χ1) is 10.5. The molecule has 2 aromatic rings. The highest BCUT2D eigenvalue weighted by atomic mass is 16.1. The Balaban J connectivity index is 2.67. The molecule has 116 valence electrons. The summed E-state index contributed by atoms with van der Waals surface area (Å²) >= 11 is 0. The molecule has 2 nitrogen and oxygen atoms in total. The maximum absolute atomic E-state index is 12.4. The summed E-state index contributed by atoms with van der Waals surface area (Å²) < 4.78 is 0. The van der Waals surface area contributed by atoms with Crippen LogP contribution in [-0.2, 0) is 4.79 Å². The molecule has 2 heteroatoms. The number of carbonyl (C=O) groups is 1. The quantitative estimate of drug-likeness (QED) is 0.842. The van der Waals surface area contributed by atoms with Crippen molar-refractivity contribution in [2.24, 2.45) is 11.1 Å². The Morgan fingerprint density at radius 3 is 2.09 bits per heavy atom. The van der Waals surface area contributed by atoms with Gasteiger partial charge in [0, 0.05) is 5.92 Å². The molecular weight excluding hydrogens is 270 g/mol. The van der Waals surface area contributed by atoms with Gasteiger partial charge in [-0.2, -0.15) is 0 Å². The van der Waals surface area contributed by atoms with Crippen LogP contribution < -0.4 is 5.73 Å². The highest BCUT2D eigenvalue weighted by Crippen LogP contribution is 2.46. The topological polar surface area (TPSA) is 43.1 Å². The van der Waals surface area contributed by atoms with Gasteiger partial charge < -0.3 is 5.73 Å². The zero-order chi connectivity index (χ0) is 16.2. The SMILES string of the molecule is CCC(CC)(C(N)=O)C(c1ccccc1)c1cccc(C)c1. The Hall–Kier alpha value is -2.09. The number of benzene rings is 2. The van der Waals surface area contributed by atoms with Crippen LogP contribution in [0.2, 0.25) is 0 Å². The highest BCUT2D eigenvalue weighted by molar-refractivity contribution is 5.82. The molecule has 0 saturated carbocycles. The molecule has 1 amide bonds. The van der Waals surface area contributed by atoms with Crippen molar-refractivity contribution in [3.8, 4) is 0 Å². The summed E-state index contributed by atoms with van der Waals surface area (Å²) in [5, 5.41) is 0. The summed E-state index contributed by atoms with van der Waals surface area (Å²) in [7, 11) is 0. The Morgan fingerprint density at radius 1 is 1.00 bits per heavy atom. The molecule has 0 aliphatic rings. The van der Waals surface area contributed by atoms with Crippen LogP contribution in [0.15, 0.2) is 54.6 Å². The van der Waals surface area contributed by atoms with Gasteiger partial charge in [-0.25, -0.2) is 0 Å². The minimum atomic E-state index is -0.560. The number of rotatable bonds is 6. The Morgan fingerprint density at radius 2 is 1.59 bits per heavy atom. The van der Waals surface area contributed by atoms with Gasteiger partial charge in [0.2, 0.25) is 5.91 Å². The van der Waals surface area contributed by atoms with E-state index in [-0.39, 0.29) is 11.8 Å². The van der Waals surface area contributed by atoms with Gasteiger partial charge in [0.15, 0.2) is 0 Å². The van der Waals surface area contributed by atoms with E-state index in [1.807, 2.05) is 18.2 Å². The van der Waals surface area contributed by atoms with Crippen LogP contribution in [0.5, 0.6) is 0 Å². The highest BCUT2D eigenvalue weighted by Gasteiger charge is 2.42. The molecule has 0 saturated heterocycles. The second kappa shape index (κ2) is 6.78. The van der Waals surface area contributed by atoms with Crippen LogP contribution in [0.25, 0.3) is 0 Å². The fourth-order valence-corrected chi connectivity index (χ4v) is 3.47. The molecular formula is C20H25NO. The van der Waals surface area contributed by atoms with Gasteiger partial charge >= 0.3 is 0 Å². The lowest BCUT2D eigenvalue weighted by molar-refractivity contribution is -0.129. The normalized spacial score (nSPS) is 12.9. The lowest BCUT2D eigenvalue weighted by atomic mass is 9.65. The third-order valence-corrected chi connectivity index (χ3v) is 4.81. The third kappa shape index (κ3) is 2.92. The van der Waals surface area contributed by atoms with Crippen molar-refractivity contribution in [3.05, 3.63) is 71.3 Å². The van der Waals surface area contributed by atoms with Crippen molar-refractivity contribution in [2.75, 3.05) is 0 Å². The number of nitrogens with two attached hydrogens (primary N) is 1. The van der Waals surface area contributed by atoms with Gasteiger partial charge in [-0.1, -0.05) is 74.0 Å². The lowest BCUT2D eigenvalue weighted by Gasteiger charge is -2.38. The fourth-order valence-electron chi connectivity index (χ4n) is 3.47. The van der Waals surface area contributed by atoms with Crippen LogP contribution in [0, 0.1) is 12.3 Å². The van der Waals surface area contributed by atoms with Gasteiger partial charge in [0.25, 0.3) is 0 Å². The number of amides is 1. The van der Waals surface area contributed by atoms with E-state index in [1.165, 1.54) is 5.56 Å². The van der Waals surface area contributed by atoms with E-state index in [0.717, 1.165) is 24.0 Å². The van der Waals surface area contributed by atoms with Crippen LogP contribution in [0.1, 0.15) is 49.3 Å². The molecule has 0 radical (unpaired) electrons. The number of hydrogen-bond acceptors (Lipinski definition) is 1. The van der Waals surface area contributed by atoms with Crippen LogP contribution >= 0.6 is 0 Å². The zero-order valence-electron chi connectivity index (χ0n) is 13.7. The molecule has 1 unspecified atom stereocenters. The van der Waals surface area contributed by atoms with Gasteiger partial charge in [-0.05, 0) is 30.9 Å². The summed E-state index contributed by atoms with van der Waals surface area (Å²) in [5.74, 6) is -0.228. The predicted octanol–water partition coefficient (Wildman–Crippen LogP) is 4.42. The summed E-state index contributed by atoms with van der Waals surface area (Å²) in [6.07, 6.45) is 1.46. The van der Waals surface area contributed by atoms with Crippen molar-refractivity contribution < 1.29 is 4.79 Å². The minimum Gasteiger partial charge on any atom is -0.369 e. The maximum atomic E-state index is 12.4. The summed E-state index contributed by atoms with van der Waals surface area (Å²) in [5.41, 5.74) is 8.81. The molecule has 0 heterocycles. The Bertz CT molecular complexity index is 629.